The quantitative estimate of drug-likeness (QED) is 0.715. The number of nitrogens with zero attached hydrogens (tertiary/aromatic N) is 1. The summed E-state index contributed by atoms with van der Waals surface area (Å²) in [5, 5.41) is 0. The van der Waals surface area contributed by atoms with Crippen LogP contribution in [-0.2, 0) is 4.79 Å². The van der Waals surface area contributed by atoms with Crippen molar-refractivity contribution in [2.45, 2.75) is 39.2 Å². The summed E-state index contributed by atoms with van der Waals surface area (Å²) in [6.07, 6.45) is 2.01. The summed E-state index contributed by atoms with van der Waals surface area (Å²) in [7, 11) is 0. The fraction of sp³-hybridized carbons (Fsp3) is 0.909. The smallest absolute Gasteiger partial charge is 0.226 e. The summed E-state index contributed by atoms with van der Waals surface area (Å²) < 4.78 is 0. The van der Waals surface area contributed by atoms with E-state index in [1.807, 2.05) is 4.90 Å². The van der Waals surface area contributed by atoms with Gasteiger partial charge in [0.15, 0.2) is 0 Å². The average molecular weight is 196 g/mol. The Morgan fingerprint density at radius 1 is 1.50 bits per heavy atom. The van der Waals surface area contributed by atoms with Crippen molar-refractivity contribution in [3.63, 3.8) is 0 Å². The highest BCUT2D eigenvalue weighted by Crippen LogP contribution is 2.53. The molecule has 2 fully saturated rings. The summed E-state index contributed by atoms with van der Waals surface area (Å²) in [6.45, 7) is 7.92. The van der Waals surface area contributed by atoms with Gasteiger partial charge in [-0.2, -0.15) is 0 Å². The van der Waals surface area contributed by atoms with Crippen LogP contribution in [0.3, 0.4) is 0 Å². The Morgan fingerprint density at radius 3 is 2.36 bits per heavy atom. The van der Waals surface area contributed by atoms with Gasteiger partial charge in [0.1, 0.15) is 0 Å². The maximum absolute atomic E-state index is 11.9. The van der Waals surface area contributed by atoms with E-state index in [0.717, 1.165) is 25.9 Å². The molecule has 2 aliphatic rings. The standard InChI is InChI=1S/C11H20N2O/c1-4-11(12)6-13(7-11)9(14)8-5-10(8,2)3/h8H,4-7,12H2,1-3H3. The van der Waals surface area contributed by atoms with E-state index in [0.29, 0.717) is 5.91 Å². The second-order valence-corrected chi connectivity index (χ2v) is 5.66. The number of hydrogen-bond donors (Lipinski definition) is 1. The van der Waals surface area contributed by atoms with E-state index >= 15 is 0 Å². The molecule has 2 N–H and O–H groups in total. The molecule has 14 heavy (non-hydrogen) atoms. The Kier molecular flexibility index (Phi) is 1.94. The Morgan fingerprint density at radius 2 is 2.00 bits per heavy atom. The van der Waals surface area contributed by atoms with Crippen LogP contribution >= 0.6 is 0 Å². The fourth-order valence-corrected chi connectivity index (χ4v) is 2.20. The molecule has 1 aliphatic carbocycles. The van der Waals surface area contributed by atoms with Gasteiger partial charge in [-0.3, -0.25) is 4.79 Å². The molecule has 1 heterocycles. The van der Waals surface area contributed by atoms with E-state index in [1.165, 1.54) is 0 Å². The minimum absolute atomic E-state index is 0.0886. The summed E-state index contributed by atoms with van der Waals surface area (Å²) in [6, 6.07) is 0. The van der Waals surface area contributed by atoms with Crippen molar-refractivity contribution in [1.82, 2.24) is 4.90 Å². The summed E-state index contributed by atoms with van der Waals surface area (Å²) in [5.74, 6) is 0.591. The molecule has 0 spiro atoms. The van der Waals surface area contributed by atoms with Gasteiger partial charge in [-0.05, 0) is 18.3 Å². The molecule has 3 nitrogen and oxygen atoms in total. The normalized spacial score (nSPS) is 32.3. The minimum atomic E-state index is -0.0886. The first-order valence-electron chi connectivity index (χ1n) is 5.46. The van der Waals surface area contributed by atoms with Gasteiger partial charge in [0.05, 0.1) is 5.54 Å². The zero-order valence-electron chi connectivity index (χ0n) is 9.34. The van der Waals surface area contributed by atoms with E-state index < -0.39 is 0 Å². The van der Waals surface area contributed by atoms with Crippen molar-refractivity contribution in [2.24, 2.45) is 17.1 Å². The molecule has 1 unspecified atom stereocenters. The van der Waals surface area contributed by atoms with Gasteiger partial charge in [-0.1, -0.05) is 20.8 Å². The first-order valence-corrected chi connectivity index (χ1v) is 5.46. The highest BCUT2D eigenvalue weighted by atomic mass is 16.2. The first-order chi connectivity index (χ1) is 6.38. The number of amides is 1. The third-order valence-electron chi connectivity index (χ3n) is 3.84. The topological polar surface area (TPSA) is 46.3 Å². The molecule has 0 aromatic rings. The van der Waals surface area contributed by atoms with Crippen LogP contribution in [-0.4, -0.2) is 29.4 Å². The molecule has 0 aromatic carbocycles. The molecule has 0 bridgehead atoms. The van der Waals surface area contributed by atoms with Crippen LogP contribution in [0, 0.1) is 11.3 Å². The molecular weight excluding hydrogens is 176 g/mol. The van der Waals surface area contributed by atoms with Crippen LogP contribution in [0.25, 0.3) is 0 Å². The Labute approximate surface area is 85.6 Å². The number of rotatable bonds is 2. The molecule has 2 rings (SSSR count). The molecule has 1 aliphatic heterocycles. The zero-order chi connectivity index (χ0) is 10.6. The van der Waals surface area contributed by atoms with Crippen LogP contribution < -0.4 is 5.73 Å². The Balaban J connectivity index is 1.86. The van der Waals surface area contributed by atoms with E-state index in [1.54, 1.807) is 0 Å². The summed E-state index contributed by atoms with van der Waals surface area (Å²) in [4.78, 5) is 13.8. The van der Waals surface area contributed by atoms with Crippen molar-refractivity contribution in [3.05, 3.63) is 0 Å². The second-order valence-electron chi connectivity index (χ2n) is 5.66. The van der Waals surface area contributed by atoms with Crippen molar-refractivity contribution in [1.29, 1.82) is 0 Å². The number of likely N-dealkylation sites (tertiary alicyclic amines) is 1. The number of nitrogens with two attached hydrogens (primary N) is 1. The van der Waals surface area contributed by atoms with Gasteiger partial charge in [-0.15, -0.1) is 0 Å². The maximum atomic E-state index is 11.9. The van der Waals surface area contributed by atoms with E-state index in [2.05, 4.69) is 20.8 Å². The van der Waals surface area contributed by atoms with Crippen molar-refractivity contribution < 1.29 is 4.79 Å². The van der Waals surface area contributed by atoms with Gasteiger partial charge in [-0.25, -0.2) is 0 Å². The second kappa shape index (κ2) is 2.72. The molecule has 1 saturated heterocycles. The van der Waals surface area contributed by atoms with Crippen LogP contribution in [0.4, 0.5) is 0 Å². The monoisotopic (exact) mass is 196 g/mol. The lowest BCUT2D eigenvalue weighted by Gasteiger charge is -2.47. The van der Waals surface area contributed by atoms with Gasteiger partial charge >= 0.3 is 0 Å². The van der Waals surface area contributed by atoms with Gasteiger partial charge in [0.25, 0.3) is 0 Å². The lowest BCUT2D eigenvalue weighted by molar-refractivity contribution is -0.140. The minimum Gasteiger partial charge on any atom is -0.339 e. The van der Waals surface area contributed by atoms with Gasteiger partial charge in [0.2, 0.25) is 5.91 Å². The van der Waals surface area contributed by atoms with Crippen LogP contribution in [0.2, 0.25) is 0 Å². The predicted molar refractivity (Wildman–Crippen MR) is 55.7 cm³/mol. The molecule has 1 amide bonds. The highest BCUT2D eigenvalue weighted by Gasteiger charge is 2.54. The van der Waals surface area contributed by atoms with Crippen LogP contribution in [0.1, 0.15) is 33.6 Å². The Hall–Kier alpha value is -0.570. The zero-order valence-corrected chi connectivity index (χ0v) is 9.34. The van der Waals surface area contributed by atoms with E-state index in [-0.39, 0.29) is 16.9 Å². The molecule has 0 aromatic heterocycles. The molecule has 1 atom stereocenters. The average Bonchev–Trinajstić information content (AvgIpc) is 2.68. The molecule has 1 saturated carbocycles. The SMILES string of the molecule is CCC1(N)CN(C(=O)C2CC2(C)C)C1. The van der Waals surface area contributed by atoms with Crippen LogP contribution in [0.15, 0.2) is 0 Å². The lowest BCUT2D eigenvalue weighted by Crippen LogP contribution is -2.68. The third kappa shape index (κ3) is 1.44. The predicted octanol–water partition coefficient (Wildman–Crippen LogP) is 0.982. The Bertz CT molecular complexity index is 266. The maximum Gasteiger partial charge on any atom is 0.226 e. The molecule has 80 valence electrons. The molecule has 3 heteroatoms. The van der Waals surface area contributed by atoms with Gasteiger partial charge < -0.3 is 10.6 Å². The third-order valence-corrected chi connectivity index (χ3v) is 3.84. The van der Waals surface area contributed by atoms with E-state index in [9.17, 15) is 4.79 Å². The number of carbonyl (C=O) groups is 1. The number of carbonyl (C=O) groups excluding carboxylic acids is 1. The largest absolute Gasteiger partial charge is 0.339 e. The molecule has 0 radical (unpaired) electrons. The lowest BCUT2D eigenvalue weighted by atomic mass is 9.87. The number of hydrogen-bond acceptors (Lipinski definition) is 2. The highest BCUT2D eigenvalue weighted by molar-refractivity contribution is 5.83. The first kappa shape index (κ1) is 9.97. The fourth-order valence-electron chi connectivity index (χ4n) is 2.20. The van der Waals surface area contributed by atoms with Gasteiger partial charge in [0, 0.05) is 19.0 Å². The van der Waals surface area contributed by atoms with Crippen molar-refractivity contribution in [2.75, 3.05) is 13.1 Å². The summed E-state index contributed by atoms with van der Waals surface area (Å²) in [5.41, 5.74) is 6.18. The van der Waals surface area contributed by atoms with Crippen molar-refractivity contribution >= 4 is 5.91 Å². The summed E-state index contributed by atoms with van der Waals surface area (Å²) >= 11 is 0. The van der Waals surface area contributed by atoms with E-state index in [4.69, 9.17) is 5.73 Å². The van der Waals surface area contributed by atoms with Crippen molar-refractivity contribution in [3.8, 4) is 0 Å². The van der Waals surface area contributed by atoms with Crippen LogP contribution in [0.5, 0.6) is 0 Å². The molecular formula is C11H20N2O.